The van der Waals surface area contributed by atoms with Crippen LogP contribution in [0.25, 0.3) is 10.9 Å². The van der Waals surface area contributed by atoms with Crippen LogP contribution in [-0.2, 0) is 4.79 Å². The Kier molecular flexibility index (Phi) is 7.51. The molecule has 0 spiro atoms. The number of aromatic amines is 1. The van der Waals surface area contributed by atoms with Gasteiger partial charge >= 0.3 is 0 Å². The van der Waals surface area contributed by atoms with Gasteiger partial charge in [-0.2, -0.15) is 0 Å². The number of fused-ring (bicyclic) bond motifs is 1. The van der Waals surface area contributed by atoms with Crippen LogP contribution < -0.4 is 5.32 Å². The lowest BCUT2D eigenvalue weighted by atomic mass is 9.93. The largest absolute Gasteiger partial charge is 0.356 e. The quantitative estimate of drug-likeness (QED) is 0.633. The molecule has 2 saturated heterocycles. The van der Waals surface area contributed by atoms with Gasteiger partial charge in [-0.1, -0.05) is 18.0 Å². The van der Waals surface area contributed by atoms with E-state index in [-0.39, 0.29) is 11.8 Å². The van der Waals surface area contributed by atoms with E-state index in [1.165, 1.54) is 32.4 Å². The van der Waals surface area contributed by atoms with Gasteiger partial charge in [0.15, 0.2) is 0 Å². The minimum Gasteiger partial charge on any atom is -0.356 e. The number of nitrogens with zero attached hydrogens (tertiary/aromatic N) is 2. The third-order valence-electron chi connectivity index (χ3n) is 6.61. The highest BCUT2D eigenvalue weighted by atomic mass is 35.5. The number of nitrogens with one attached hydrogen (secondary N) is 2. The van der Waals surface area contributed by atoms with E-state index in [0.29, 0.717) is 36.1 Å². The van der Waals surface area contributed by atoms with Gasteiger partial charge in [0.25, 0.3) is 5.91 Å². The summed E-state index contributed by atoms with van der Waals surface area (Å²) in [6.45, 7) is 5.65. The van der Waals surface area contributed by atoms with Crippen molar-refractivity contribution in [2.45, 2.75) is 44.9 Å². The van der Waals surface area contributed by atoms with Crippen molar-refractivity contribution in [2.75, 3.05) is 39.3 Å². The van der Waals surface area contributed by atoms with Crippen LogP contribution in [0.15, 0.2) is 24.3 Å². The molecule has 4 rings (SSSR count). The molecule has 31 heavy (non-hydrogen) atoms. The van der Waals surface area contributed by atoms with Crippen LogP contribution in [0.4, 0.5) is 0 Å². The monoisotopic (exact) mass is 444 g/mol. The average Bonchev–Trinajstić information content (AvgIpc) is 3.21. The molecule has 2 amide bonds. The standard InChI is InChI=1S/C24H33ClN4O2/c25-20-5-6-21-19(16-20)17-22(27-21)24(31)29-13-7-18(8-14-29)15-23(30)26-9-4-12-28-10-2-1-3-11-28/h5-6,16-18,27H,1-4,7-15H2,(H,26,30). The molecule has 2 aliphatic rings. The van der Waals surface area contributed by atoms with Crippen molar-refractivity contribution in [1.29, 1.82) is 0 Å². The number of likely N-dealkylation sites (tertiary alicyclic amines) is 2. The van der Waals surface area contributed by atoms with Gasteiger partial charge in [0.2, 0.25) is 5.91 Å². The van der Waals surface area contributed by atoms with Gasteiger partial charge in [-0.3, -0.25) is 9.59 Å². The fraction of sp³-hybridized carbons (Fsp3) is 0.583. The third-order valence-corrected chi connectivity index (χ3v) is 6.85. The second-order valence-corrected chi connectivity index (χ2v) is 9.40. The highest BCUT2D eigenvalue weighted by Gasteiger charge is 2.26. The smallest absolute Gasteiger partial charge is 0.270 e. The lowest BCUT2D eigenvalue weighted by Gasteiger charge is -2.31. The minimum atomic E-state index is 0.0212. The fourth-order valence-corrected chi connectivity index (χ4v) is 4.96. The summed E-state index contributed by atoms with van der Waals surface area (Å²) in [5.41, 5.74) is 1.52. The zero-order valence-electron chi connectivity index (χ0n) is 18.2. The first-order valence-electron chi connectivity index (χ1n) is 11.6. The van der Waals surface area contributed by atoms with Gasteiger partial charge in [-0.05, 0) is 81.9 Å². The third kappa shape index (κ3) is 6.01. The summed E-state index contributed by atoms with van der Waals surface area (Å²) in [5, 5.41) is 4.70. The van der Waals surface area contributed by atoms with Crippen LogP contribution in [0.1, 0.15) is 55.4 Å². The number of benzene rings is 1. The zero-order valence-corrected chi connectivity index (χ0v) is 18.9. The Hall–Kier alpha value is -2.05. The Labute approximate surface area is 189 Å². The Morgan fingerprint density at radius 3 is 2.61 bits per heavy atom. The van der Waals surface area contributed by atoms with Gasteiger partial charge < -0.3 is 20.1 Å². The Morgan fingerprint density at radius 1 is 1.06 bits per heavy atom. The summed E-state index contributed by atoms with van der Waals surface area (Å²) in [5.74, 6) is 0.525. The maximum atomic E-state index is 12.9. The maximum Gasteiger partial charge on any atom is 0.270 e. The number of H-pyrrole nitrogens is 1. The number of halogens is 1. The first-order valence-corrected chi connectivity index (χ1v) is 12.0. The minimum absolute atomic E-state index is 0.0212. The molecule has 1 aromatic heterocycles. The predicted octanol–water partition coefficient (Wildman–Crippen LogP) is 4.06. The molecule has 6 nitrogen and oxygen atoms in total. The second kappa shape index (κ2) is 10.5. The Bertz CT molecular complexity index is 898. The molecule has 168 valence electrons. The van der Waals surface area contributed by atoms with Gasteiger partial charge in [0.05, 0.1) is 0 Å². The SMILES string of the molecule is O=C(CC1CCN(C(=O)c2cc3cc(Cl)ccc3[nH]2)CC1)NCCCN1CCCCC1. The van der Waals surface area contributed by atoms with Crippen molar-refractivity contribution >= 4 is 34.3 Å². The number of rotatable bonds is 7. The van der Waals surface area contributed by atoms with Crippen LogP contribution in [0, 0.1) is 5.92 Å². The number of carbonyl (C=O) groups excluding carboxylic acids is 2. The summed E-state index contributed by atoms with van der Waals surface area (Å²) in [6, 6.07) is 7.44. The number of hydrogen-bond donors (Lipinski definition) is 2. The highest BCUT2D eigenvalue weighted by molar-refractivity contribution is 6.31. The average molecular weight is 445 g/mol. The van der Waals surface area contributed by atoms with Crippen LogP contribution in [-0.4, -0.2) is 65.9 Å². The lowest BCUT2D eigenvalue weighted by molar-refractivity contribution is -0.122. The second-order valence-electron chi connectivity index (χ2n) is 8.96. The molecule has 7 heteroatoms. The van der Waals surface area contributed by atoms with E-state index >= 15 is 0 Å². The fourth-order valence-electron chi connectivity index (χ4n) is 4.78. The summed E-state index contributed by atoms with van der Waals surface area (Å²) >= 11 is 6.05. The highest BCUT2D eigenvalue weighted by Crippen LogP contribution is 2.24. The van der Waals surface area contributed by atoms with Crippen molar-refractivity contribution < 1.29 is 9.59 Å². The summed E-state index contributed by atoms with van der Waals surface area (Å²) < 4.78 is 0. The van der Waals surface area contributed by atoms with E-state index in [1.54, 1.807) is 0 Å². The van der Waals surface area contributed by atoms with E-state index in [9.17, 15) is 9.59 Å². The molecule has 2 aromatic rings. The molecule has 0 atom stereocenters. The summed E-state index contributed by atoms with van der Waals surface area (Å²) in [7, 11) is 0. The van der Waals surface area contributed by atoms with Crippen LogP contribution >= 0.6 is 11.6 Å². The molecule has 2 fully saturated rings. The summed E-state index contributed by atoms with van der Waals surface area (Å²) in [6.07, 6.45) is 7.31. The zero-order chi connectivity index (χ0) is 21.6. The number of aromatic nitrogens is 1. The molecule has 0 radical (unpaired) electrons. The van der Waals surface area contributed by atoms with Gasteiger partial charge in [0.1, 0.15) is 5.69 Å². The number of carbonyl (C=O) groups is 2. The Balaban J connectivity index is 1.16. The van der Waals surface area contributed by atoms with Gasteiger partial charge in [0, 0.05) is 42.0 Å². The number of piperidine rings is 2. The van der Waals surface area contributed by atoms with Gasteiger partial charge in [-0.15, -0.1) is 0 Å². The van der Waals surface area contributed by atoms with Crippen LogP contribution in [0.3, 0.4) is 0 Å². The molecule has 0 saturated carbocycles. The van der Waals surface area contributed by atoms with Crippen LogP contribution in [0.2, 0.25) is 5.02 Å². The Morgan fingerprint density at radius 2 is 1.84 bits per heavy atom. The van der Waals surface area contributed by atoms with Crippen molar-refractivity contribution in [3.05, 3.63) is 35.0 Å². The molecular weight excluding hydrogens is 412 g/mol. The molecule has 3 heterocycles. The molecular formula is C24H33ClN4O2. The summed E-state index contributed by atoms with van der Waals surface area (Å²) in [4.78, 5) is 32.8. The molecule has 1 aromatic carbocycles. The first-order chi connectivity index (χ1) is 15.1. The van der Waals surface area contributed by atoms with Crippen molar-refractivity contribution in [3.63, 3.8) is 0 Å². The first kappa shape index (κ1) is 22.2. The molecule has 2 aliphatic heterocycles. The predicted molar refractivity (Wildman–Crippen MR) is 124 cm³/mol. The molecule has 0 bridgehead atoms. The van der Waals surface area contributed by atoms with Crippen LogP contribution in [0.5, 0.6) is 0 Å². The van der Waals surface area contributed by atoms with Gasteiger partial charge in [-0.25, -0.2) is 0 Å². The normalized spacial score (nSPS) is 18.4. The molecule has 2 N–H and O–H groups in total. The maximum absolute atomic E-state index is 12.9. The lowest BCUT2D eigenvalue weighted by Crippen LogP contribution is -2.40. The van der Waals surface area contributed by atoms with E-state index in [4.69, 9.17) is 11.6 Å². The van der Waals surface area contributed by atoms with E-state index in [0.717, 1.165) is 43.3 Å². The molecule has 0 aliphatic carbocycles. The van der Waals surface area contributed by atoms with E-state index < -0.39 is 0 Å². The van der Waals surface area contributed by atoms with Crippen molar-refractivity contribution in [3.8, 4) is 0 Å². The number of hydrogen-bond acceptors (Lipinski definition) is 3. The number of amides is 2. The van der Waals surface area contributed by atoms with E-state index in [1.807, 2.05) is 29.2 Å². The van der Waals surface area contributed by atoms with E-state index in [2.05, 4.69) is 15.2 Å². The topological polar surface area (TPSA) is 68.4 Å². The van der Waals surface area contributed by atoms with Crippen molar-refractivity contribution in [1.82, 2.24) is 20.1 Å². The molecule has 0 unspecified atom stereocenters. The van der Waals surface area contributed by atoms with Crippen molar-refractivity contribution in [2.24, 2.45) is 5.92 Å².